The van der Waals surface area contributed by atoms with Crippen LogP contribution >= 0.6 is 15.9 Å². The highest BCUT2D eigenvalue weighted by atomic mass is 79.9. The highest BCUT2D eigenvalue weighted by Gasteiger charge is 2.19. The molecule has 4 aromatic carbocycles. The molecule has 1 aromatic heterocycles. The number of carbonyl (C=O) groups excluding carboxylic acids is 3. The van der Waals surface area contributed by atoms with Crippen molar-refractivity contribution in [1.29, 1.82) is 0 Å². The third kappa shape index (κ3) is 6.19. The number of carbonyl (C=O) groups is 3. The molecule has 2 amide bonds. The van der Waals surface area contributed by atoms with Crippen molar-refractivity contribution < 1.29 is 19.1 Å². The number of anilines is 2. The van der Waals surface area contributed by atoms with E-state index in [2.05, 4.69) is 26.6 Å². The molecular weight excluding hydrogens is 558 g/mol. The Hall–Kier alpha value is -4.82. The van der Waals surface area contributed by atoms with Crippen molar-refractivity contribution in [2.45, 2.75) is 0 Å². The SMILES string of the molecule is O=C(COC(=O)c1ccccc1NC(=O)c1cc(-c2ccccc2)nc2ccccc12)Nc1cccc(Br)c1. The van der Waals surface area contributed by atoms with Gasteiger partial charge in [-0.15, -0.1) is 0 Å². The van der Waals surface area contributed by atoms with Gasteiger partial charge in [0.25, 0.3) is 11.8 Å². The van der Waals surface area contributed by atoms with E-state index in [1.165, 1.54) is 6.07 Å². The van der Waals surface area contributed by atoms with Crippen LogP contribution in [-0.2, 0) is 9.53 Å². The Morgan fingerprint density at radius 1 is 0.744 bits per heavy atom. The number of rotatable bonds is 7. The summed E-state index contributed by atoms with van der Waals surface area (Å²) in [6.07, 6.45) is 0. The van der Waals surface area contributed by atoms with Crippen LogP contribution in [0.25, 0.3) is 22.2 Å². The molecule has 2 N–H and O–H groups in total. The molecule has 0 aliphatic rings. The van der Waals surface area contributed by atoms with E-state index in [0.717, 1.165) is 10.0 Å². The second kappa shape index (κ2) is 11.7. The fraction of sp³-hybridized carbons (Fsp3) is 0.0323. The number of nitrogens with one attached hydrogen (secondary N) is 2. The monoisotopic (exact) mass is 579 g/mol. The van der Waals surface area contributed by atoms with Crippen LogP contribution in [0.2, 0.25) is 0 Å². The van der Waals surface area contributed by atoms with Crippen molar-refractivity contribution in [1.82, 2.24) is 4.98 Å². The van der Waals surface area contributed by atoms with E-state index in [0.29, 0.717) is 27.8 Å². The Morgan fingerprint density at radius 3 is 2.31 bits per heavy atom. The summed E-state index contributed by atoms with van der Waals surface area (Å²) < 4.78 is 6.05. The van der Waals surface area contributed by atoms with E-state index in [1.807, 2.05) is 60.7 Å². The lowest BCUT2D eigenvalue weighted by molar-refractivity contribution is -0.119. The Kier molecular flexibility index (Phi) is 7.75. The van der Waals surface area contributed by atoms with Crippen molar-refractivity contribution in [2.24, 2.45) is 0 Å². The lowest BCUT2D eigenvalue weighted by Gasteiger charge is -2.13. The number of pyridine rings is 1. The summed E-state index contributed by atoms with van der Waals surface area (Å²) in [7, 11) is 0. The minimum absolute atomic E-state index is 0.128. The minimum Gasteiger partial charge on any atom is -0.452 e. The van der Waals surface area contributed by atoms with E-state index in [-0.39, 0.29) is 11.3 Å². The molecule has 0 radical (unpaired) electrons. The largest absolute Gasteiger partial charge is 0.452 e. The first-order valence-electron chi connectivity index (χ1n) is 12.1. The third-order valence-electron chi connectivity index (χ3n) is 5.87. The standard InChI is InChI=1S/C31H22BrN3O4/c32-21-11-8-12-22(17-21)33-29(36)19-39-31(38)24-14-5-7-16-27(24)35-30(37)25-18-28(20-9-2-1-3-10-20)34-26-15-6-4-13-23(25)26/h1-18H,19H2,(H,33,36)(H,35,37). The summed E-state index contributed by atoms with van der Waals surface area (Å²) in [6.45, 7) is -0.483. The van der Waals surface area contributed by atoms with Gasteiger partial charge in [0.1, 0.15) is 0 Å². The van der Waals surface area contributed by atoms with Crippen LogP contribution in [0.5, 0.6) is 0 Å². The van der Waals surface area contributed by atoms with Gasteiger partial charge in [0, 0.05) is 21.1 Å². The van der Waals surface area contributed by atoms with E-state index < -0.39 is 24.4 Å². The lowest BCUT2D eigenvalue weighted by atomic mass is 10.0. The number of halogens is 1. The van der Waals surface area contributed by atoms with Gasteiger partial charge in [-0.05, 0) is 42.5 Å². The summed E-state index contributed by atoms with van der Waals surface area (Å²) in [6, 6.07) is 32.3. The second-order valence-electron chi connectivity index (χ2n) is 8.57. The number of hydrogen-bond acceptors (Lipinski definition) is 5. The number of esters is 1. The fourth-order valence-electron chi connectivity index (χ4n) is 4.05. The maximum Gasteiger partial charge on any atom is 0.340 e. The zero-order chi connectivity index (χ0) is 27.2. The molecule has 5 aromatic rings. The molecule has 0 fully saturated rings. The number of fused-ring (bicyclic) bond motifs is 1. The highest BCUT2D eigenvalue weighted by Crippen LogP contribution is 2.26. The minimum atomic E-state index is -0.736. The quantitative estimate of drug-likeness (QED) is 0.209. The molecule has 5 rings (SSSR count). The van der Waals surface area contributed by atoms with Gasteiger partial charge in [-0.1, -0.05) is 82.7 Å². The zero-order valence-electron chi connectivity index (χ0n) is 20.6. The number of hydrogen-bond donors (Lipinski definition) is 2. The van der Waals surface area contributed by atoms with Crippen molar-refractivity contribution in [3.8, 4) is 11.3 Å². The molecule has 192 valence electrons. The normalized spacial score (nSPS) is 10.6. The van der Waals surface area contributed by atoms with Crippen LogP contribution in [0.1, 0.15) is 20.7 Å². The lowest BCUT2D eigenvalue weighted by Crippen LogP contribution is -2.22. The summed E-state index contributed by atoms with van der Waals surface area (Å²) in [5.74, 6) is -1.63. The van der Waals surface area contributed by atoms with Crippen molar-refractivity contribution in [3.05, 3.63) is 125 Å². The van der Waals surface area contributed by atoms with Crippen LogP contribution in [0.4, 0.5) is 11.4 Å². The van der Waals surface area contributed by atoms with Crippen molar-refractivity contribution in [2.75, 3.05) is 17.2 Å². The molecule has 39 heavy (non-hydrogen) atoms. The molecule has 0 spiro atoms. The number of amides is 2. The fourth-order valence-corrected chi connectivity index (χ4v) is 4.45. The number of benzene rings is 4. The van der Waals surface area contributed by atoms with E-state index >= 15 is 0 Å². The first-order chi connectivity index (χ1) is 19.0. The van der Waals surface area contributed by atoms with Gasteiger partial charge in [0.05, 0.1) is 28.0 Å². The summed E-state index contributed by atoms with van der Waals surface area (Å²) in [4.78, 5) is 43.4. The summed E-state index contributed by atoms with van der Waals surface area (Å²) in [5.41, 5.74) is 3.58. The second-order valence-corrected chi connectivity index (χ2v) is 9.49. The topological polar surface area (TPSA) is 97.4 Å². The van der Waals surface area contributed by atoms with Gasteiger partial charge >= 0.3 is 5.97 Å². The van der Waals surface area contributed by atoms with Crippen LogP contribution in [-0.4, -0.2) is 29.4 Å². The molecule has 0 bridgehead atoms. The predicted octanol–water partition coefficient (Wildman–Crippen LogP) is 6.71. The molecule has 0 aliphatic carbocycles. The van der Waals surface area contributed by atoms with Crippen LogP contribution in [0.15, 0.2) is 114 Å². The van der Waals surface area contributed by atoms with Crippen LogP contribution < -0.4 is 10.6 Å². The van der Waals surface area contributed by atoms with Crippen LogP contribution in [0.3, 0.4) is 0 Å². The van der Waals surface area contributed by atoms with Gasteiger partial charge in [0.15, 0.2) is 6.61 Å². The third-order valence-corrected chi connectivity index (χ3v) is 6.36. The number of nitrogens with zero attached hydrogens (tertiary/aromatic N) is 1. The smallest absolute Gasteiger partial charge is 0.340 e. The first-order valence-corrected chi connectivity index (χ1v) is 12.9. The average molecular weight is 580 g/mol. The molecule has 0 aliphatic heterocycles. The van der Waals surface area contributed by atoms with Gasteiger partial charge in [-0.2, -0.15) is 0 Å². The highest BCUT2D eigenvalue weighted by molar-refractivity contribution is 9.10. The Morgan fingerprint density at radius 2 is 1.49 bits per heavy atom. The Labute approximate surface area is 233 Å². The van der Waals surface area contributed by atoms with E-state index in [4.69, 9.17) is 9.72 Å². The van der Waals surface area contributed by atoms with Gasteiger partial charge in [-0.3, -0.25) is 9.59 Å². The molecule has 7 nitrogen and oxygen atoms in total. The van der Waals surface area contributed by atoms with Crippen LogP contribution in [0, 0.1) is 0 Å². The molecular formula is C31H22BrN3O4. The molecule has 0 atom stereocenters. The molecule has 8 heteroatoms. The van der Waals surface area contributed by atoms with Gasteiger partial charge in [-0.25, -0.2) is 9.78 Å². The van der Waals surface area contributed by atoms with Crippen molar-refractivity contribution in [3.63, 3.8) is 0 Å². The molecule has 0 unspecified atom stereocenters. The summed E-state index contributed by atoms with van der Waals surface area (Å²) in [5, 5.41) is 6.19. The Bertz CT molecular complexity index is 1690. The first kappa shape index (κ1) is 25.8. The van der Waals surface area contributed by atoms with E-state index in [9.17, 15) is 14.4 Å². The molecule has 0 saturated heterocycles. The van der Waals surface area contributed by atoms with E-state index in [1.54, 1.807) is 42.5 Å². The number of para-hydroxylation sites is 2. The molecule has 1 heterocycles. The Balaban J connectivity index is 1.35. The average Bonchev–Trinajstić information content (AvgIpc) is 2.96. The van der Waals surface area contributed by atoms with Gasteiger partial charge in [0.2, 0.25) is 0 Å². The predicted molar refractivity (Wildman–Crippen MR) is 155 cm³/mol. The summed E-state index contributed by atoms with van der Waals surface area (Å²) >= 11 is 3.34. The number of aromatic nitrogens is 1. The van der Waals surface area contributed by atoms with Crippen molar-refractivity contribution >= 4 is 56.0 Å². The zero-order valence-corrected chi connectivity index (χ0v) is 22.1. The number of ether oxygens (including phenoxy) is 1. The maximum absolute atomic E-state index is 13.5. The molecule has 0 saturated carbocycles. The maximum atomic E-state index is 13.5. The van der Waals surface area contributed by atoms with Gasteiger partial charge < -0.3 is 15.4 Å².